The van der Waals surface area contributed by atoms with Crippen LogP contribution in [0.2, 0.25) is 0 Å². The lowest BCUT2D eigenvalue weighted by atomic mass is 10.1. The van der Waals surface area contributed by atoms with Crippen LogP contribution in [0.25, 0.3) is 11.3 Å². The summed E-state index contributed by atoms with van der Waals surface area (Å²) in [4.78, 5) is 15.7. The van der Waals surface area contributed by atoms with Crippen molar-refractivity contribution in [2.75, 3.05) is 19.6 Å². The van der Waals surface area contributed by atoms with Gasteiger partial charge in [-0.15, -0.1) is 0 Å². The number of nitrogens with one attached hydrogen (secondary N) is 1. The van der Waals surface area contributed by atoms with Crippen LogP contribution in [0.15, 0.2) is 54.7 Å². The van der Waals surface area contributed by atoms with E-state index in [1.807, 2.05) is 23.0 Å². The number of likely N-dealkylation sites (tertiary alicyclic amines) is 1. The minimum atomic E-state index is -0.0428. The van der Waals surface area contributed by atoms with Crippen LogP contribution < -0.4 is 5.32 Å². The Kier molecular flexibility index (Phi) is 6.75. The lowest BCUT2D eigenvalue weighted by Gasteiger charge is -2.20. The fourth-order valence-corrected chi connectivity index (χ4v) is 4.30. The van der Waals surface area contributed by atoms with Gasteiger partial charge < -0.3 is 10.2 Å². The van der Waals surface area contributed by atoms with E-state index in [1.165, 1.54) is 16.7 Å². The standard InChI is InChI=1S/C27H34N4O/c1-19(2)30-14-13-23(16-30)15-28-27(32)25-18-31(17-22-9-5-20(3)6-10-22)29-26(25)24-11-7-21(4)8-12-24/h5-12,18-19,23H,13-17H2,1-4H3,(H,28,32). The van der Waals surface area contributed by atoms with Crippen molar-refractivity contribution in [3.8, 4) is 11.3 Å². The highest BCUT2D eigenvalue weighted by Crippen LogP contribution is 2.24. The first kappa shape index (κ1) is 22.3. The second kappa shape index (κ2) is 9.70. The zero-order valence-electron chi connectivity index (χ0n) is 19.6. The van der Waals surface area contributed by atoms with Crippen LogP contribution in [0.1, 0.15) is 47.3 Å². The highest BCUT2D eigenvalue weighted by atomic mass is 16.1. The van der Waals surface area contributed by atoms with Crippen molar-refractivity contribution < 1.29 is 4.79 Å². The number of amides is 1. The minimum Gasteiger partial charge on any atom is -0.352 e. The Labute approximate surface area is 191 Å². The van der Waals surface area contributed by atoms with Crippen molar-refractivity contribution in [3.05, 3.63) is 77.0 Å². The van der Waals surface area contributed by atoms with E-state index in [0.717, 1.165) is 30.8 Å². The first-order valence-corrected chi connectivity index (χ1v) is 11.6. The Morgan fingerprint density at radius 3 is 2.34 bits per heavy atom. The first-order chi connectivity index (χ1) is 15.4. The topological polar surface area (TPSA) is 50.2 Å². The Morgan fingerprint density at radius 2 is 1.72 bits per heavy atom. The number of hydrogen-bond acceptors (Lipinski definition) is 3. The molecule has 2 heterocycles. The molecular formula is C27H34N4O. The second-order valence-corrected chi connectivity index (χ2v) is 9.39. The molecule has 1 aliphatic rings. The molecule has 1 N–H and O–H groups in total. The highest BCUT2D eigenvalue weighted by Gasteiger charge is 2.25. The number of carbonyl (C=O) groups is 1. The molecule has 0 spiro atoms. The van der Waals surface area contributed by atoms with Crippen molar-refractivity contribution in [1.29, 1.82) is 0 Å². The Bertz CT molecular complexity index is 1050. The fourth-order valence-electron chi connectivity index (χ4n) is 4.30. The molecule has 4 rings (SSSR count). The van der Waals surface area contributed by atoms with E-state index >= 15 is 0 Å². The smallest absolute Gasteiger partial charge is 0.255 e. The van der Waals surface area contributed by atoms with Crippen LogP contribution >= 0.6 is 0 Å². The van der Waals surface area contributed by atoms with Gasteiger partial charge in [0.15, 0.2) is 0 Å². The normalized spacial score (nSPS) is 16.6. The van der Waals surface area contributed by atoms with Gasteiger partial charge in [0.1, 0.15) is 5.69 Å². The maximum absolute atomic E-state index is 13.2. The van der Waals surface area contributed by atoms with E-state index in [4.69, 9.17) is 5.10 Å². The molecule has 0 aliphatic carbocycles. The van der Waals surface area contributed by atoms with E-state index < -0.39 is 0 Å². The molecule has 1 atom stereocenters. The predicted molar refractivity (Wildman–Crippen MR) is 130 cm³/mol. The van der Waals surface area contributed by atoms with Crippen LogP contribution in [0.4, 0.5) is 0 Å². The molecule has 3 aromatic rings. The molecule has 32 heavy (non-hydrogen) atoms. The molecule has 168 valence electrons. The maximum atomic E-state index is 13.2. The van der Waals surface area contributed by atoms with Crippen LogP contribution in [0.5, 0.6) is 0 Å². The third-order valence-electron chi connectivity index (χ3n) is 6.40. The summed E-state index contributed by atoms with van der Waals surface area (Å²) in [6, 6.07) is 17.2. The molecule has 0 saturated carbocycles. The summed E-state index contributed by atoms with van der Waals surface area (Å²) in [6.45, 7) is 12.1. The van der Waals surface area contributed by atoms with Crippen molar-refractivity contribution in [2.24, 2.45) is 5.92 Å². The first-order valence-electron chi connectivity index (χ1n) is 11.6. The van der Waals surface area contributed by atoms with Crippen LogP contribution in [-0.4, -0.2) is 46.3 Å². The molecule has 1 amide bonds. The zero-order chi connectivity index (χ0) is 22.7. The molecule has 5 nitrogen and oxygen atoms in total. The number of aromatic nitrogens is 2. The van der Waals surface area contributed by atoms with Crippen molar-refractivity contribution in [1.82, 2.24) is 20.0 Å². The summed E-state index contributed by atoms with van der Waals surface area (Å²) in [7, 11) is 0. The number of hydrogen-bond donors (Lipinski definition) is 1. The van der Waals surface area contributed by atoms with Gasteiger partial charge in [-0.25, -0.2) is 0 Å². The zero-order valence-corrected chi connectivity index (χ0v) is 19.6. The molecule has 1 unspecified atom stereocenters. The van der Waals surface area contributed by atoms with Gasteiger partial charge >= 0.3 is 0 Å². The van der Waals surface area contributed by atoms with E-state index in [9.17, 15) is 4.79 Å². The SMILES string of the molecule is Cc1ccc(Cn2cc(C(=O)NCC3CCN(C(C)C)C3)c(-c3ccc(C)cc3)n2)cc1. The summed E-state index contributed by atoms with van der Waals surface area (Å²) in [5.74, 6) is 0.463. The van der Waals surface area contributed by atoms with Gasteiger partial charge in [0.05, 0.1) is 12.1 Å². The summed E-state index contributed by atoms with van der Waals surface area (Å²) >= 11 is 0. The third-order valence-corrected chi connectivity index (χ3v) is 6.40. The van der Waals surface area contributed by atoms with Crippen molar-refractivity contribution >= 4 is 5.91 Å². The molecule has 0 bridgehead atoms. The fraction of sp³-hybridized carbons (Fsp3) is 0.407. The predicted octanol–water partition coefficient (Wildman–Crippen LogP) is 4.68. The Morgan fingerprint density at radius 1 is 1.06 bits per heavy atom. The van der Waals surface area contributed by atoms with Gasteiger partial charge in [0, 0.05) is 30.9 Å². The van der Waals surface area contributed by atoms with Gasteiger partial charge in [-0.3, -0.25) is 9.48 Å². The quantitative estimate of drug-likeness (QED) is 0.592. The minimum absolute atomic E-state index is 0.0428. The second-order valence-electron chi connectivity index (χ2n) is 9.39. The van der Waals surface area contributed by atoms with Gasteiger partial charge in [-0.05, 0) is 52.1 Å². The molecule has 1 fully saturated rings. The number of aryl methyl sites for hydroxylation is 2. The highest BCUT2D eigenvalue weighted by molar-refractivity contribution is 5.99. The molecule has 2 aromatic carbocycles. The largest absolute Gasteiger partial charge is 0.352 e. The van der Waals surface area contributed by atoms with Gasteiger partial charge in [-0.2, -0.15) is 5.10 Å². The van der Waals surface area contributed by atoms with Crippen molar-refractivity contribution in [3.63, 3.8) is 0 Å². The molecule has 1 aliphatic heterocycles. The van der Waals surface area contributed by atoms with E-state index in [1.54, 1.807) is 0 Å². The summed E-state index contributed by atoms with van der Waals surface area (Å²) in [5.41, 5.74) is 5.94. The van der Waals surface area contributed by atoms with E-state index in [2.05, 4.69) is 74.3 Å². The molecule has 0 radical (unpaired) electrons. The molecule has 1 saturated heterocycles. The lowest BCUT2D eigenvalue weighted by Crippen LogP contribution is -2.33. The lowest BCUT2D eigenvalue weighted by molar-refractivity contribution is 0.0947. The van der Waals surface area contributed by atoms with E-state index in [-0.39, 0.29) is 5.91 Å². The number of benzene rings is 2. The number of rotatable bonds is 7. The van der Waals surface area contributed by atoms with Gasteiger partial charge in [0.2, 0.25) is 0 Å². The Hall–Kier alpha value is -2.92. The summed E-state index contributed by atoms with van der Waals surface area (Å²) in [6.07, 6.45) is 3.02. The van der Waals surface area contributed by atoms with Crippen LogP contribution in [0, 0.1) is 19.8 Å². The average molecular weight is 431 g/mol. The number of nitrogens with zero attached hydrogens (tertiary/aromatic N) is 3. The Balaban J connectivity index is 1.53. The summed E-state index contributed by atoms with van der Waals surface area (Å²) < 4.78 is 1.88. The maximum Gasteiger partial charge on any atom is 0.255 e. The van der Waals surface area contributed by atoms with Gasteiger partial charge in [-0.1, -0.05) is 59.7 Å². The van der Waals surface area contributed by atoms with E-state index in [0.29, 0.717) is 30.6 Å². The number of carbonyl (C=O) groups excluding carboxylic acids is 1. The average Bonchev–Trinajstić information content (AvgIpc) is 3.42. The third kappa shape index (κ3) is 5.28. The van der Waals surface area contributed by atoms with Crippen molar-refractivity contribution in [2.45, 2.75) is 46.7 Å². The molecule has 1 aromatic heterocycles. The van der Waals surface area contributed by atoms with Gasteiger partial charge in [0.25, 0.3) is 5.91 Å². The van der Waals surface area contributed by atoms with Crippen LogP contribution in [0.3, 0.4) is 0 Å². The molecule has 5 heteroatoms. The van der Waals surface area contributed by atoms with Crippen LogP contribution in [-0.2, 0) is 6.54 Å². The molecular weight excluding hydrogens is 396 g/mol. The monoisotopic (exact) mass is 430 g/mol. The summed E-state index contributed by atoms with van der Waals surface area (Å²) in [5, 5.41) is 8.00.